The third-order valence-electron chi connectivity index (χ3n) is 2.91. The van der Waals surface area contributed by atoms with E-state index in [1.807, 2.05) is 0 Å². The van der Waals surface area contributed by atoms with Crippen LogP contribution in [0.2, 0.25) is 0 Å². The van der Waals surface area contributed by atoms with Crippen molar-refractivity contribution in [1.82, 2.24) is 0 Å². The topological polar surface area (TPSA) is 70.0 Å². The van der Waals surface area contributed by atoms with Crippen LogP contribution < -0.4 is 4.31 Å². The molecule has 2 rings (SSSR count). The van der Waals surface area contributed by atoms with E-state index in [1.54, 1.807) is 18.2 Å². The number of fused-ring (bicyclic) bond motifs is 1. The van der Waals surface area contributed by atoms with Crippen LogP contribution in [0.4, 0.5) is 14.5 Å². The standard InChI is InChI=1S/C11H12F2N2O3S/c12-11(13)19(17,18)15-7-3-5-9(14-16)8-4-1-2-6-10(8)15/h1-2,4,6,11,16H,3,5,7H2/b14-9-. The molecule has 8 heteroatoms. The van der Waals surface area contributed by atoms with E-state index in [9.17, 15) is 17.2 Å². The first-order valence-electron chi connectivity index (χ1n) is 5.58. The van der Waals surface area contributed by atoms with Gasteiger partial charge in [0.2, 0.25) is 0 Å². The van der Waals surface area contributed by atoms with Gasteiger partial charge in [-0.05, 0) is 18.9 Å². The fraction of sp³-hybridized carbons (Fsp3) is 0.364. The predicted octanol–water partition coefficient (Wildman–Crippen LogP) is 2.02. The molecule has 0 aromatic heterocycles. The molecule has 1 aliphatic heterocycles. The summed E-state index contributed by atoms with van der Waals surface area (Å²) in [6.45, 7) is -0.0668. The number of sulfonamides is 1. The molecule has 1 heterocycles. The first-order chi connectivity index (χ1) is 8.98. The molecule has 0 bridgehead atoms. The highest BCUT2D eigenvalue weighted by Crippen LogP contribution is 2.30. The molecule has 0 spiro atoms. The van der Waals surface area contributed by atoms with E-state index in [1.165, 1.54) is 6.07 Å². The maximum absolute atomic E-state index is 12.7. The first-order valence-corrected chi connectivity index (χ1v) is 7.09. The number of oxime groups is 1. The van der Waals surface area contributed by atoms with E-state index in [4.69, 9.17) is 5.21 Å². The quantitative estimate of drug-likeness (QED) is 0.669. The Kier molecular flexibility index (Phi) is 3.70. The van der Waals surface area contributed by atoms with Gasteiger partial charge in [-0.1, -0.05) is 23.4 Å². The fourth-order valence-corrected chi connectivity index (χ4v) is 3.05. The van der Waals surface area contributed by atoms with Crippen molar-refractivity contribution < 1.29 is 22.4 Å². The third kappa shape index (κ3) is 2.40. The first kappa shape index (κ1) is 13.7. The van der Waals surface area contributed by atoms with Crippen molar-refractivity contribution in [1.29, 1.82) is 0 Å². The lowest BCUT2D eigenvalue weighted by atomic mass is 10.1. The van der Waals surface area contributed by atoms with Gasteiger partial charge in [-0.15, -0.1) is 0 Å². The minimum absolute atomic E-state index is 0.0668. The van der Waals surface area contributed by atoms with Crippen LogP contribution in [-0.4, -0.2) is 31.6 Å². The Bertz CT molecular complexity index is 602. The number of halogens is 2. The summed E-state index contributed by atoms with van der Waals surface area (Å²) in [5, 5.41) is 12.1. The van der Waals surface area contributed by atoms with E-state index in [-0.39, 0.29) is 12.2 Å². The minimum atomic E-state index is -4.70. The average molecular weight is 290 g/mol. The molecule has 0 atom stereocenters. The van der Waals surface area contributed by atoms with Gasteiger partial charge in [0.15, 0.2) is 0 Å². The molecule has 1 aliphatic rings. The average Bonchev–Trinajstić information content (AvgIpc) is 2.57. The normalized spacial score (nSPS) is 18.5. The highest BCUT2D eigenvalue weighted by Gasteiger charge is 2.35. The second kappa shape index (κ2) is 5.12. The van der Waals surface area contributed by atoms with Crippen LogP contribution in [0, 0.1) is 0 Å². The molecule has 0 saturated heterocycles. The van der Waals surface area contributed by atoms with Crippen LogP contribution in [0.5, 0.6) is 0 Å². The van der Waals surface area contributed by atoms with Gasteiger partial charge < -0.3 is 5.21 Å². The van der Waals surface area contributed by atoms with E-state index < -0.39 is 15.8 Å². The van der Waals surface area contributed by atoms with Crippen LogP contribution in [-0.2, 0) is 10.0 Å². The van der Waals surface area contributed by atoms with Crippen LogP contribution >= 0.6 is 0 Å². The van der Waals surface area contributed by atoms with Crippen LogP contribution in [0.25, 0.3) is 0 Å². The van der Waals surface area contributed by atoms with Crippen molar-refractivity contribution in [2.24, 2.45) is 5.16 Å². The number of alkyl halides is 2. The summed E-state index contributed by atoms with van der Waals surface area (Å²) in [6, 6.07) is 6.14. The van der Waals surface area contributed by atoms with Crippen molar-refractivity contribution in [2.45, 2.75) is 18.6 Å². The van der Waals surface area contributed by atoms with Gasteiger partial charge in [0.25, 0.3) is 10.0 Å². The smallest absolute Gasteiger partial charge is 0.355 e. The molecule has 0 aliphatic carbocycles. The molecule has 104 valence electrons. The maximum atomic E-state index is 12.7. The Morgan fingerprint density at radius 3 is 2.63 bits per heavy atom. The predicted molar refractivity (Wildman–Crippen MR) is 66.3 cm³/mol. The number of para-hydroxylation sites is 1. The van der Waals surface area contributed by atoms with E-state index in [0.717, 1.165) is 0 Å². The van der Waals surface area contributed by atoms with Gasteiger partial charge in [0.05, 0.1) is 11.4 Å². The van der Waals surface area contributed by atoms with Gasteiger partial charge in [-0.2, -0.15) is 8.78 Å². The van der Waals surface area contributed by atoms with Crippen molar-refractivity contribution in [3.05, 3.63) is 29.8 Å². The lowest BCUT2D eigenvalue weighted by molar-refractivity contribution is 0.234. The largest absolute Gasteiger partial charge is 0.411 e. The molecule has 19 heavy (non-hydrogen) atoms. The Morgan fingerprint density at radius 2 is 2.00 bits per heavy atom. The summed E-state index contributed by atoms with van der Waals surface area (Å²) >= 11 is 0. The number of nitrogens with zero attached hydrogens (tertiary/aromatic N) is 2. The monoisotopic (exact) mass is 290 g/mol. The van der Waals surface area contributed by atoms with Crippen molar-refractivity contribution in [3.8, 4) is 0 Å². The zero-order valence-corrected chi connectivity index (χ0v) is 10.6. The molecule has 0 saturated carbocycles. The fourth-order valence-electron chi connectivity index (χ4n) is 2.04. The van der Waals surface area contributed by atoms with Crippen LogP contribution in [0.1, 0.15) is 18.4 Å². The van der Waals surface area contributed by atoms with Crippen LogP contribution in [0.3, 0.4) is 0 Å². The van der Waals surface area contributed by atoms with Gasteiger partial charge >= 0.3 is 5.76 Å². The van der Waals surface area contributed by atoms with E-state index in [0.29, 0.717) is 28.4 Å². The Morgan fingerprint density at radius 1 is 1.32 bits per heavy atom. The molecule has 1 aromatic rings. The van der Waals surface area contributed by atoms with E-state index >= 15 is 0 Å². The Labute approximate surface area is 109 Å². The molecule has 1 aromatic carbocycles. The van der Waals surface area contributed by atoms with Crippen LogP contribution in [0.15, 0.2) is 29.4 Å². The molecule has 0 fully saturated rings. The lowest BCUT2D eigenvalue weighted by Crippen LogP contribution is -2.36. The van der Waals surface area contributed by atoms with Crippen molar-refractivity contribution >= 4 is 21.4 Å². The number of hydrogen-bond donors (Lipinski definition) is 1. The highest BCUT2D eigenvalue weighted by atomic mass is 32.2. The molecule has 0 radical (unpaired) electrons. The van der Waals surface area contributed by atoms with Gasteiger partial charge in [-0.25, -0.2) is 8.42 Å². The number of hydrogen-bond acceptors (Lipinski definition) is 4. The van der Waals surface area contributed by atoms with E-state index in [2.05, 4.69) is 5.16 Å². The zero-order chi connectivity index (χ0) is 14.0. The van der Waals surface area contributed by atoms with Gasteiger partial charge in [-0.3, -0.25) is 4.31 Å². The molecule has 0 unspecified atom stereocenters. The molecule has 5 nitrogen and oxygen atoms in total. The SMILES string of the molecule is O=S(=O)(C(F)F)N1CCC/C(=N/O)c2ccccc21. The molecule has 1 N–H and O–H groups in total. The van der Waals surface area contributed by atoms with Gasteiger partial charge in [0.1, 0.15) is 0 Å². The summed E-state index contributed by atoms with van der Waals surface area (Å²) < 4.78 is 49.4. The maximum Gasteiger partial charge on any atom is 0.355 e. The molecular weight excluding hydrogens is 278 g/mol. The zero-order valence-electron chi connectivity index (χ0n) is 9.83. The second-order valence-corrected chi connectivity index (χ2v) is 5.87. The third-order valence-corrected chi connectivity index (χ3v) is 4.36. The lowest BCUT2D eigenvalue weighted by Gasteiger charge is -2.23. The molecule has 0 amide bonds. The summed E-state index contributed by atoms with van der Waals surface area (Å²) in [4.78, 5) is 0. The number of rotatable bonds is 2. The van der Waals surface area contributed by atoms with Gasteiger partial charge in [0, 0.05) is 12.1 Å². The summed E-state index contributed by atoms with van der Waals surface area (Å²) in [6.07, 6.45) is 0.628. The summed E-state index contributed by atoms with van der Waals surface area (Å²) in [5.41, 5.74) is 0.766. The second-order valence-electron chi connectivity index (χ2n) is 4.05. The van der Waals surface area contributed by atoms with Crippen molar-refractivity contribution in [3.63, 3.8) is 0 Å². The Hall–Kier alpha value is -1.70. The highest BCUT2D eigenvalue weighted by molar-refractivity contribution is 7.93. The van der Waals surface area contributed by atoms with Crippen molar-refractivity contribution in [2.75, 3.05) is 10.8 Å². The number of benzene rings is 1. The minimum Gasteiger partial charge on any atom is -0.411 e. The number of anilines is 1. The molecular formula is C11H12F2N2O3S. The Balaban J connectivity index is 2.60. The summed E-state index contributed by atoms with van der Waals surface area (Å²) in [5.74, 6) is -3.48. The summed E-state index contributed by atoms with van der Waals surface area (Å²) in [7, 11) is -4.70.